The lowest BCUT2D eigenvalue weighted by atomic mass is 10.1. The van der Waals surface area contributed by atoms with Gasteiger partial charge in [0.05, 0.1) is 10.8 Å². The summed E-state index contributed by atoms with van der Waals surface area (Å²) in [5.41, 5.74) is -0.325. The van der Waals surface area contributed by atoms with Crippen LogP contribution in [-0.2, 0) is 27.4 Å². The van der Waals surface area contributed by atoms with Gasteiger partial charge in [0, 0.05) is 6.54 Å². The minimum Gasteiger partial charge on any atom is -0.351 e. The van der Waals surface area contributed by atoms with E-state index in [1.807, 2.05) is 0 Å². The normalized spacial score (nSPS) is 14.0. The Balaban J connectivity index is 2.69. The number of alkyl halides is 3. The van der Waals surface area contributed by atoms with E-state index < -0.39 is 38.0 Å². The molecular weight excluding hydrogens is 319 g/mol. The second-order valence-corrected chi connectivity index (χ2v) is 8.02. The molecule has 1 N–H and O–H groups in total. The highest BCUT2D eigenvalue weighted by Gasteiger charge is 2.31. The molecule has 8 heteroatoms. The maximum absolute atomic E-state index is 12.4. The van der Waals surface area contributed by atoms with E-state index >= 15 is 0 Å². The Labute approximate surface area is 127 Å². The van der Waals surface area contributed by atoms with E-state index in [4.69, 9.17) is 0 Å². The Hall–Kier alpha value is -1.57. The number of carbonyl (C=O) groups is 1. The number of amides is 1. The summed E-state index contributed by atoms with van der Waals surface area (Å²) in [6, 6.07) is 4.31. The molecule has 1 atom stereocenters. The predicted molar refractivity (Wildman–Crippen MR) is 76.8 cm³/mol. The molecule has 0 saturated carbocycles. The van der Waals surface area contributed by atoms with Crippen LogP contribution in [0.15, 0.2) is 24.3 Å². The summed E-state index contributed by atoms with van der Waals surface area (Å²) < 4.78 is 60.9. The van der Waals surface area contributed by atoms with Crippen molar-refractivity contribution >= 4 is 15.7 Å². The van der Waals surface area contributed by atoms with Gasteiger partial charge < -0.3 is 5.32 Å². The number of rotatable bonds is 5. The molecule has 0 fully saturated rings. The van der Waals surface area contributed by atoms with E-state index in [0.29, 0.717) is 5.56 Å². The van der Waals surface area contributed by atoms with Crippen molar-refractivity contribution in [3.05, 3.63) is 35.4 Å². The fraction of sp³-hybridized carbons (Fsp3) is 0.500. The molecule has 0 heterocycles. The largest absolute Gasteiger partial charge is 0.416 e. The highest BCUT2D eigenvalue weighted by molar-refractivity contribution is 7.93. The van der Waals surface area contributed by atoms with Crippen molar-refractivity contribution < 1.29 is 26.4 Å². The second kappa shape index (κ2) is 6.68. The molecular formula is C14H18F3NO3S. The van der Waals surface area contributed by atoms with Crippen LogP contribution in [-0.4, -0.2) is 24.8 Å². The van der Waals surface area contributed by atoms with Gasteiger partial charge >= 0.3 is 6.18 Å². The Kier molecular flexibility index (Phi) is 5.61. The molecule has 1 aromatic rings. The number of hydrogen-bond donors (Lipinski definition) is 1. The maximum atomic E-state index is 12.4. The molecule has 0 aliphatic heterocycles. The van der Waals surface area contributed by atoms with Gasteiger partial charge in [-0.25, -0.2) is 8.42 Å². The molecule has 0 aliphatic rings. The van der Waals surface area contributed by atoms with Gasteiger partial charge in [0.2, 0.25) is 5.91 Å². The number of sulfone groups is 1. The summed E-state index contributed by atoms with van der Waals surface area (Å²) in [5, 5.41) is 0.531. The lowest BCUT2D eigenvalue weighted by molar-refractivity contribution is -0.137. The monoisotopic (exact) mass is 337 g/mol. The van der Waals surface area contributed by atoms with Crippen LogP contribution in [0.4, 0.5) is 13.2 Å². The Morgan fingerprint density at radius 3 is 2.05 bits per heavy atom. The topological polar surface area (TPSA) is 63.2 Å². The highest BCUT2D eigenvalue weighted by atomic mass is 32.2. The van der Waals surface area contributed by atoms with E-state index in [0.717, 1.165) is 12.1 Å². The third-order valence-electron chi connectivity index (χ3n) is 3.27. The quantitative estimate of drug-likeness (QED) is 0.898. The van der Waals surface area contributed by atoms with E-state index in [2.05, 4.69) is 5.32 Å². The molecule has 124 valence electrons. The molecule has 0 bridgehead atoms. The molecule has 0 aromatic heterocycles. The molecule has 0 unspecified atom stereocenters. The first kappa shape index (κ1) is 18.5. The standard InChI is InChI=1S/C14H18F3NO3S/c1-9(2)22(20,21)10(3)13(19)18-8-11-4-6-12(7-5-11)14(15,16)17/h4-7,9-10H,8H2,1-3H3,(H,18,19)/t10-/m0/s1. The van der Waals surface area contributed by atoms with Crippen molar-refractivity contribution in [2.45, 2.75) is 44.0 Å². The average Bonchev–Trinajstić information content (AvgIpc) is 2.43. The number of halogens is 3. The Bertz CT molecular complexity index is 622. The van der Waals surface area contributed by atoms with Crippen LogP contribution in [0.1, 0.15) is 31.9 Å². The van der Waals surface area contributed by atoms with Crippen LogP contribution < -0.4 is 5.32 Å². The molecule has 1 amide bonds. The fourth-order valence-corrected chi connectivity index (χ4v) is 2.90. The van der Waals surface area contributed by atoms with Gasteiger partial charge in [0.25, 0.3) is 0 Å². The third kappa shape index (κ3) is 4.46. The first-order valence-corrected chi connectivity index (χ1v) is 8.23. The number of carbonyl (C=O) groups excluding carboxylic acids is 1. The van der Waals surface area contributed by atoms with E-state index in [1.165, 1.54) is 32.9 Å². The van der Waals surface area contributed by atoms with E-state index in [-0.39, 0.29) is 6.54 Å². The molecule has 22 heavy (non-hydrogen) atoms. The summed E-state index contributed by atoms with van der Waals surface area (Å²) in [5.74, 6) is -0.673. The zero-order chi connectivity index (χ0) is 17.1. The zero-order valence-electron chi connectivity index (χ0n) is 12.4. The van der Waals surface area contributed by atoms with Crippen LogP contribution >= 0.6 is 0 Å². The molecule has 0 radical (unpaired) electrons. The van der Waals surface area contributed by atoms with Crippen molar-refractivity contribution in [1.29, 1.82) is 0 Å². The minimum atomic E-state index is -4.42. The van der Waals surface area contributed by atoms with Gasteiger partial charge in [-0.2, -0.15) is 13.2 Å². The highest BCUT2D eigenvalue weighted by Crippen LogP contribution is 2.29. The van der Waals surface area contributed by atoms with Crippen molar-refractivity contribution in [2.75, 3.05) is 0 Å². The Morgan fingerprint density at radius 2 is 1.64 bits per heavy atom. The Morgan fingerprint density at radius 1 is 1.14 bits per heavy atom. The summed E-state index contributed by atoms with van der Waals surface area (Å²) in [4.78, 5) is 11.8. The first-order chi connectivity index (χ1) is 9.96. The van der Waals surface area contributed by atoms with Crippen LogP contribution in [0.25, 0.3) is 0 Å². The van der Waals surface area contributed by atoms with Crippen molar-refractivity contribution in [3.63, 3.8) is 0 Å². The molecule has 0 saturated heterocycles. The summed E-state index contributed by atoms with van der Waals surface area (Å²) in [7, 11) is -3.57. The molecule has 4 nitrogen and oxygen atoms in total. The summed E-state index contributed by atoms with van der Waals surface area (Å²) in [6.45, 7) is 4.22. The van der Waals surface area contributed by atoms with Crippen LogP contribution in [0.2, 0.25) is 0 Å². The number of nitrogens with one attached hydrogen (secondary N) is 1. The minimum absolute atomic E-state index is 0.0328. The van der Waals surface area contributed by atoms with Gasteiger partial charge in [-0.1, -0.05) is 12.1 Å². The van der Waals surface area contributed by atoms with Gasteiger partial charge in [-0.15, -0.1) is 0 Å². The van der Waals surface area contributed by atoms with Crippen molar-refractivity contribution in [3.8, 4) is 0 Å². The van der Waals surface area contributed by atoms with Crippen molar-refractivity contribution in [1.82, 2.24) is 5.32 Å². The maximum Gasteiger partial charge on any atom is 0.416 e. The van der Waals surface area contributed by atoms with Gasteiger partial charge in [-0.3, -0.25) is 4.79 Å². The van der Waals surface area contributed by atoms with Crippen LogP contribution in [0.5, 0.6) is 0 Å². The van der Waals surface area contributed by atoms with Gasteiger partial charge in [-0.05, 0) is 38.5 Å². The molecule has 1 aromatic carbocycles. The average molecular weight is 337 g/mol. The summed E-state index contributed by atoms with van der Waals surface area (Å²) in [6.07, 6.45) is -4.42. The zero-order valence-corrected chi connectivity index (χ0v) is 13.3. The van der Waals surface area contributed by atoms with Gasteiger partial charge in [0.1, 0.15) is 5.25 Å². The molecule has 0 aliphatic carbocycles. The lowest BCUT2D eigenvalue weighted by Gasteiger charge is -2.15. The number of hydrogen-bond acceptors (Lipinski definition) is 3. The first-order valence-electron chi connectivity index (χ1n) is 6.63. The fourth-order valence-electron chi connectivity index (χ4n) is 1.70. The lowest BCUT2D eigenvalue weighted by Crippen LogP contribution is -2.40. The third-order valence-corrected chi connectivity index (χ3v) is 5.78. The predicted octanol–water partition coefficient (Wildman–Crippen LogP) is 2.53. The van der Waals surface area contributed by atoms with E-state index in [9.17, 15) is 26.4 Å². The smallest absolute Gasteiger partial charge is 0.351 e. The second-order valence-electron chi connectivity index (χ2n) is 5.19. The SMILES string of the molecule is CC(C)S(=O)(=O)[C@@H](C)C(=O)NCc1ccc(C(F)(F)F)cc1. The van der Waals surface area contributed by atoms with Crippen LogP contribution in [0.3, 0.4) is 0 Å². The summed E-state index contributed by atoms with van der Waals surface area (Å²) >= 11 is 0. The van der Waals surface area contributed by atoms with Gasteiger partial charge in [0.15, 0.2) is 9.84 Å². The van der Waals surface area contributed by atoms with Crippen molar-refractivity contribution in [2.24, 2.45) is 0 Å². The number of benzene rings is 1. The van der Waals surface area contributed by atoms with E-state index in [1.54, 1.807) is 0 Å². The van der Waals surface area contributed by atoms with Crippen LogP contribution in [0, 0.1) is 0 Å². The molecule has 0 spiro atoms. The molecule has 1 rings (SSSR count).